The van der Waals surface area contributed by atoms with Gasteiger partial charge in [0.1, 0.15) is 5.69 Å². The zero-order valence-electron chi connectivity index (χ0n) is 14.1. The summed E-state index contributed by atoms with van der Waals surface area (Å²) in [6, 6.07) is 9.10. The molecular weight excluding hydrogens is 322 g/mol. The van der Waals surface area contributed by atoms with Crippen molar-refractivity contribution in [1.82, 2.24) is 4.57 Å². The first kappa shape index (κ1) is 18.1. The van der Waals surface area contributed by atoms with Crippen molar-refractivity contribution in [1.29, 1.82) is 0 Å². The maximum atomic E-state index is 12.2. The Morgan fingerprint density at radius 3 is 2.52 bits per heavy atom. The molecular formula is C18H19N3O4. The van der Waals surface area contributed by atoms with Gasteiger partial charge in [0.2, 0.25) is 5.69 Å². The first-order chi connectivity index (χ1) is 12.0. The van der Waals surface area contributed by atoms with Gasteiger partial charge in [0.15, 0.2) is 0 Å². The number of benzene rings is 1. The number of aromatic nitrogens is 1. The molecule has 0 unspecified atom stereocenters. The van der Waals surface area contributed by atoms with Crippen LogP contribution in [0.25, 0.3) is 16.1 Å². The molecule has 0 saturated carbocycles. The molecule has 130 valence electrons. The van der Waals surface area contributed by atoms with E-state index in [4.69, 9.17) is 21.8 Å². The summed E-state index contributed by atoms with van der Waals surface area (Å²) in [5.41, 5.74) is 7.52. The second-order valence-electron chi connectivity index (χ2n) is 5.14. The van der Waals surface area contributed by atoms with Gasteiger partial charge in [-0.25, -0.2) is 9.64 Å². The first-order valence-electron chi connectivity index (χ1n) is 7.73. The quantitative estimate of drug-likeness (QED) is 0.644. The Morgan fingerprint density at radius 1 is 1.28 bits per heavy atom. The van der Waals surface area contributed by atoms with E-state index in [0.29, 0.717) is 5.69 Å². The van der Waals surface area contributed by atoms with Gasteiger partial charge in [0.05, 0.1) is 38.1 Å². The summed E-state index contributed by atoms with van der Waals surface area (Å²) in [6.45, 7) is 9.59. The molecule has 2 aromatic rings. The molecule has 0 aliphatic heterocycles. The second kappa shape index (κ2) is 8.02. The van der Waals surface area contributed by atoms with Crippen LogP contribution in [0.4, 0.5) is 11.4 Å². The number of rotatable bonds is 6. The van der Waals surface area contributed by atoms with E-state index < -0.39 is 11.9 Å². The molecule has 0 bridgehead atoms. The van der Waals surface area contributed by atoms with Crippen molar-refractivity contribution in [2.45, 2.75) is 19.9 Å². The summed E-state index contributed by atoms with van der Waals surface area (Å²) < 4.78 is 11.3. The molecule has 0 aliphatic carbocycles. The van der Waals surface area contributed by atoms with Gasteiger partial charge in [0.25, 0.3) is 0 Å². The lowest BCUT2D eigenvalue weighted by Gasteiger charge is -2.13. The molecule has 0 atom stereocenters. The summed E-state index contributed by atoms with van der Waals surface area (Å²) in [5.74, 6) is -1.05. The average molecular weight is 341 g/mol. The predicted octanol–water partition coefficient (Wildman–Crippen LogP) is 3.03. The number of nitrogens with two attached hydrogens (primary N) is 1. The van der Waals surface area contributed by atoms with E-state index in [-0.39, 0.29) is 36.6 Å². The summed E-state index contributed by atoms with van der Waals surface area (Å²) in [4.78, 5) is 27.4. The summed E-state index contributed by atoms with van der Waals surface area (Å²) in [6.07, 6.45) is 0.0449. The number of carbonyl (C=O) groups excluding carboxylic acids is 2. The van der Waals surface area contributed by atoms with Gasteiger partial charge in [-0.1, -0.05) is 30.3 Å². The smallest absolute Gasteiger partial charge is 0.355 e. The van der Waals surface area contributed by atoms with Crippen LogP contribution in [0.3, 0.4) is 0 Å². The molecule has 2 rings (SSSR count). The third-order valence-electron chi connectivity index (χ3n) is 3.66. The van der Waals surface area contributed by atoms with Crippen LogP contribution in [0.1, 0.15) is 23.8 Å². The molecule has 0 radical (unpaired) electrons. The van der Waals surface area contributed by atoms with Crippen LogP contribution in [-0.2, 0) is 20.8 Å². The fraction of sp³-hybridized carbons (Fsp3) is 0.278. The van der Waals surface area contributed by atoms with E-state index in [0.717, 1.165) is 5.56 Å². The lowest BCUT2D eigenvalue weighted by atomic mass is 10.1. The van der Waals surface area contributed by atoms with Crippen molar-refractivity contribution in [3.05, 3.63) is 47.4 Å². The van der Waals surface area contributed by atoms with Gasteiger partial charge in [-0.2, -0.15) is 0 Å². The van der Waals surface area contributed by atoms with Crippen LogP contribution >= 0.6 is 0 Å². The van der Waals surface area contributed by atoms with Crippen LogP contribution in [0.15, 0.2) is 30.3 Å². The monoisotopic (exact) mass is 341 g/mol. The molecule has 7 nitrogen and oxygen atoms in total. The van der Waals surface area contributed by atoms with E-state index in [9.17, 15) is 9.59 Å². The van der Waals surface area contributed by atoms with Crippen LogP contribution in [-0.4, -0.2) is 30.2 Å². The number of hydrogen-bond acceptors (Lipinski definition) is 5. The molecule has 0 spiro atoms. The Morgan fingerprint density at radius 2 is 1.96 bits per heavy atom. The van der Waals surface area contributed by atoms with Gasteiger partial charge < -0.3 is 19.8 Å². The highest BCUT2D eigenvalue weighted by molar-refractivity contribution is 6.02. The minimum atomic E-state index is -0.659. The maximum absolute atomic E-state index is 12.2. The zero-order chi connectivity index (χ0) is 18.4. The standard InChI is InChI=1S/C18H19N3O4/c1-4-25-13(22)10-11-21-16(12-8-6-5-7-9-12)15(20-2)14(19)17(21)18(23)24-3/h5-9H,4,10-11,19H2,1,3H3. The van der Waals surface area contributed by atoms with Gasteiger partial charge >= 0.3 is 11.9 Å². The maximum Gasteiger partial charge on any atom is 0.355 e. The molecule has 7 heteroatoms. The number of methoxy groups -OCH3 is 1. The van der Waals surface area contributed by atoms with E-state index in [1.165, 1.54) is 7.11 Å². The molecule has 1 heterocycles. The number of nitrogen functional groups attached to an aromatic ring is 1. The van der Waals surface area contributed by atoms with E-state index in [2.05, 4.69) is 4.85 Å². The Hall–Kier alpha value is -3.27. The number of anilines is 1. The topological polar surface area (TPSA) is 87.9 Å². The first-order valence-corrected chi connectivity index (χ1v) is 7.73. The Kier molecular flexibility index (Phi) is 5.79. The minimum absolute atomic E-state index is 0.0449. The lowest BCUT2D eigenvalue weighted by molar-refractivity contribution is -0.143. The summed E-state index contributed by atoms with van der Waals surface area (Å²) >= 11 is 0. The fourth-order valence-electron chi connectivity index (χ4n) is 2.60. The van der Waals surface area contributed by atoms with Crippen LogP contribution in [0.5, 0.6) is 0 Å². The molecule has 0 amide bonds. The van der Waals surface area contributed by atoms with E-state index in [1.807, 2.05) is 30.3 Å². The number of nitrogens with zero attached hydrogens (tertiary/aromatic N) is 2. The van der Waals surface area contributed by atoms with Crippen LogP contribution in [0.2, 0.25) is 0 Å². The molecule has 2 N–H and O–H groups in total. The zero-order valence-corrected chi connectivity index (χ0v) is 14.1. The molecule has 0 saturated heterocycles. The summed E-state index contributed by atoms with van der Waals surface area (Å²) in [7, 11) is 1.24. The summed E-state index contributed by atoms with van der Waals surface area (Å²) in [5, 5.41) is 0. The Balaban J connectivity index is 2.61. The number of ether oxygens (including phenoxy) is 2. The number of hydrogen-bond donors (Lipinski definition) is 1. The largest absolute Gasteiger partial charge is 0.466 e. The average Bonchev–Trinajstić information content (AvgIpc) is 2.91. The van der Waals surface area contributed by atoms with Crippen molar-refractivity contribution in [3.8, 4) is 11.3 Å². The van der Waals surface area contributed by atoms with Gasteiger partial charge in [-0.3, -0.25) is 4.79 Å². The normalized spacial score (nSPS) is 10.1. The molecule has 1 aromatic carbocycles. The van der Waals surface area contributed by atoms with Crippen molar-refractivity contribution < 1.29 is 19.1 Å². The number of esters is 2. The SMILES string of the molecule is [C-]#[N+]c1c(N)c(C(=O)OC)n(CCC(=O)OCC)c1-c1ccccc1. The van der Waals surface area contributed by atoms with Crippen LogP contribution in [0, 0.1) is 6.57 Å². The molecule has 25 heavy (non-hydrogen) atoms. The predicted molar refractivity (Wildman–Crippen MR) is 93.1 cm³/mol. The van der Waals surface area contributed by atoms with E-state index in [1.54, 1.807) is 11.5 Å². The second-order valence-corrected chi connectivity index (χ2v) is 5.14. The third kappa shape index (κ3) is 3.63. The fourth-order valence-corrected chi connectivity index (χ4v) is 2.60. The Labute approximate surface area is 145 Å². The Bertz CT molecular complexity index is 819. The van der Waals surface area contributed by atoms with Gasteiger partial charge in [0, 0.05) is 6.54 Å². The van der Waals surface area contributed by atoms with Crippen molar-refractivity contribution in [2.24, 2.45) is 0 Å². The number of carbonyl (C=O) groups is 2. The van der Waals surface area contributed by atoms with Crippen molar-refractivity contribution in [2.75, 3.05) is 19.5 Å². The van der Waals surface area contributed by atoms with Crippen molar-refractivity contribution in [3.63, 3.8) is 0 Å². The van der Waals surface area contributed by atoms with Crippen molar-refractivity contribution >= 4 is 23.3 Å². The van der Waals surface area contributed by atoms with Gasteiger partial charge in [-0.15, -0.1) is 0 Å². The highest BCUT2D eigenvalue weighted by atomic mass is 16.5. The molecule has 1 aromatic heterocycles. The minimum Gasteiger partial charge on any atom is -0.466 e. The van der Waals surface area contributed by atoms with E-state index >= 15 is 0 Å². The highest BCUT2D eigenvalue weighted by Crippen LogP contribution is 2.41. The molecule has 0 fully saturated rings. The lowest BCUT2D eigenvalue weighted by Crippen LogP contribution is -2.16. The van der Waals surface area contributed by atoms with Crippen LogP contribution < -0.4 is 5.73 Å². The highest BCUT2D eigenvalue weighted by Gasteiger charge is 2.27. The third-order valence-corrected chi connectivity index (χ3v) is 3.66. The van der Waals surface area contributed by atoms with Gasteiger partial charge in [-0.05, 0) is 12.5 Å². The molecule has 0 aliphatic rings.